The van der Waals surface area contributed by atoms with Gasteiger partial charge in [0.15, 0.2) is 14.6 Å². The van der Waals surface area contributed by atoms with Crippen molar-refractivity contribution in [2.45, 2.75) is 11.3 Å². The summed E-state index contributed by atoms with van der Waals surface area (Å²) in [6.45, 7) is 0. The van der Waals surface area contributed by atoms with Crippen LogP contribution in [0.15, 0.2) is 52.4 Å². The molecule has 0 atom stereocenters. The Morgan fingerprint density at radius 1 is 1.20 bits per heavy atom. The molecular weight excluding hydrogens is 363 g/mol. The molecule has 1 heterocycles. The van der Waals surface area contributed by atoms with Crippen LogP contribution in [0.25, 0.3) is 10.2 Å². The van der Waals surface area contributed by atoms with E-state index in [0.29, 0.717) is 15.1 Å². The van der Waals surface area contributed by atoms with Gasteiger partial charge in [0.1, 0.15) is 5.82 Å². The van der Waals surface area contributed by atoms with Crippen LogP contribution < -0.4 is 4.80 Å². The summed E-state index contributed by atoms with van der Waals surface area (Å²) < 4.78 is 38.6. The Bertz CT molecular complexity index is 1130. The quantitative estimate of drug-likeness (QED) is 0.703. The summed E-state index contributed by atoms with van der Waals surface area (Å²) in [5.74, 6) is -0.687. The third kappa shape index (κ3) is 3.85. The van der Waals surface area contributed by atoms with Crippen LogP contribution >= 0.6 is 11.3 Å². The van der Waals surface area contributed by atoms with Crippen molar-refractivity contribution < 1.29 is 17.6 Å². The average Bonchev–Trinajstić information content (AvgIpc) is 2.82. The summed E-state index contributed by atoms with van der Waals surface area (Å²) in [4.78, 5) is 17.0. The van der Waals surface area contributed by atoms with Gasteiger partial charge in [-0.05, 0) is 35.9 Å². The maximum atomic E-state index is 13.3. The molecule has 2 aromatic carbocycles. The number of amides is 1. The van der Waals surface area contributed by atoms with Crippen molar-refractivity contribution in [1.82, 2.24) is 4.57 Å². The van der Waals surface area contributed by atoms with E-state index in [1.165, 1.54) is 35.6 Å². The fourth-order valence-electron chi connectivity index (χ4n) is 2.39. The van der Waals surface area contributed by atoms with Gasteiger partial charge in [0, 0.05) is 13.3 Å². The van der Waals surface area contributed by atoms with Gasteiger partial charge in [0.2, 0.25) is 0 Å². The molecular formula is C17H15FN2O3S2. The van der Waals surface area contributed by atoms with Crippen LogP contribution in [0.2, 0.25) is 0 Å². The molecule has 0 bridgehead atoms. The molecule has 1 amide bonds. The number of carbonyl (C=O) groups is 1. The maximum Gasteiger partial charge on any atom is 0.252 e. The first kappa shape index (κ1) is 17.5. The highest BCUT2D eigenvalue weighted by Crippen LogP contribution is 2.17. The van der Waals surface area contributed by atoms with E-state index in [0.717, 1.165) is 11.8 Å². The van der Waals surface area contributed by atoms with Crippen molar-refractivity contribution in [3.63, 3.8) is 0 Å². The van der Waals surface area contributed by atoms with Crippen LogP contribution in [0.3, 0.4) is 0 Å². The van der Waals surface area contributed by atoms with Crippen LogP contribution in [0.5, 0.6) is 0 Å². The number of carbonyl (C=O) groups excluding carboxylic acids is 1. The van der Waals surface area contributed by atoms with E-state index in [1.54, 1.807) is 29.8 Å². The first-order valence-corrected chi connectivity index (χ1v) is 10.1. The molecule has 130 valence electrons. The first-order chi connectivity index (χ1) is 11.7. The zero-order chi connectivity index (χ0) is 18.2. The SMILES string of the molecule is Cn1c(=NC(=O)Cc2ccc(S(C)(=O)=O)cc2)sc2cc(F)ccc21. The summed E-state index contributed by atoms with van der Waals surface area (Å²) >= 11 is 1.24. The van der Waals surface area contributed by atoms with E-state index in [4.69, 9.17) is 0 Å². The lowest BCUT2D eigenvalue weighted by Gasteiger charge is -2.00. The molecule has 3 rings (SSSR count). The number of benzene rings is 2. The number of hydrogen-bond donors (Lipinski definition) is 0. The summed E-state index contributed by atoms with van der Waals surface area (Å²) in [6.07, 6.45) is 1.19. The lowest BCUT2D eigenvalue weighted by molar-refractivity contribution is -0.117. The molecule has 25 heavy (non-hydrogen) atoms. The highest BCUT2D eigenvalue weighted by molar-refractivity contribution is 7.90. The van der Waals surface area contributed by atoms with Crippen LogP contribution in [-0.4, -0.2) is 25.1 Å². The van der Waals surface area contributed by atoms with Crippen LogP contribution in [0.1, 0.15) is 5.56 Å². The monoisotopic (exact) mass is 378 g/mol. The number of aromatic nitrogens is 1. The van der Waals surface area contributed by atoms with Gasteiger partial charge in [0.25, 0.3) is 5.91 Å². The minimum atomic E-state index is -3.26. The van der Waals surface area contributed by atoms with Crippen molar-refractivity contribution >= 4 is 37.3 Å². The third-order valence-electron chi connectivity index (χ3n) is 3.70. The Labute approximate surface area is 148 Å². The number of halogens is 1. The molecule has 0 fully saturated rings. The number of rotatable bonds is 3. The molecule has 1 aromatic heterocycles. The zero-order valence-corrected chi connectivity index (χ0v) is 15.2. The normalized spacial score (nSPS) is 12.7. The fourth-order valence-corrected chi connectivity index (χ4v) is 4.08. The largest absolute Gasteiger partial charge is 0.319 e. The van der Waals surface area contributed by atoms with Gasteiger partial charge in [-0.15, -0.1) is 0 Å². The Balaban J connectivity index is 1.87. The zero-order valence-electron chi connectivity index (χ0n) is 13.6. The summed E-state index contributed by atoms with van der Waals surface area (Å²) in [7, 11) is -1.49. The van der Waals surface area contributed by atoms with Crippen LogP contribution in [-0.2, 0) is 28.1 Å². The molecule has 3 aromatic rings. The molecule has 0 unspecified atom stereocenters. The Morgan fingerprint density at radius 3 is 2.52 bits per heavy atom. The smallest absolute Gasteiger partial charge is 0.252 e. The average molecular weight is 378 g/mol. The van der Waals surface area contributed by atoms with Gasteiger partial charge in [-0.1, -0.05) is 23.5 Å². The molecule has 5 nitrogen and oxygen atoms in total. The second kappa shape index (κ2) is 6.53. The second-order valence-corrected chi connectivity index (χ2v) is 8.68. The van der Waals surface area contributed by atoms with Crippen molar-refractivity contribution in [2.75, 3.05) is 6.26 Å². The Hall–Kier alpha value is -2.32. The van der Waals surface area contributed by atoms with Crippen molar-refractivity contribution in [1.29, 1.82) is 0 Å². The number of aryl methyl sites for hydroxylation is 1. The molecule has 0 aliphatic carbocycles. The molecule has 8 heteroatoms. The van der Waals surface area contributed by atoms with Crippen molar-refractivity contribution in [2.24, 2.45) is 12.0 Å². The Morgan fingerprint density at radius 2 is 1.88 bits per heavy atom. The molecule has 0 aliphatic heterocycles. The summed E-state index contributed by atoms with van der Waals surface area (Å²) in [6, 6.07) is 10.6. The molecule has 0 N–H and O–H groups in total. The van der Waals surface area contributed by atoms with Gasteiger partial charge in [-0.3, -0.25) is 4.79 Å². The number of thiazole rings is 1. The lowest BCUT2D eigenvalue weighted by atomic mass is 10.1. The van der Waals surface area contributed by atoms with Crippen LogP contribution in [0.4, 0.5) is 4.39 Å². The molecule has 0 aliphatic rings. The van der Waals surface area contributed by atoms with E-state index in [2.05, 4.69) is 4.99 Å². The van der Waals surface area contributed by atoms with Gasteiger partial charge < -0.3 is 4.57 Å². The third-order valence-corrected chi connectivity index (χ3v) is 5.92. The molecule has 0 saturated carbocycles. The van der Waals surface area contributed by atoms with Crippen molar-refractivity contribution in [3.8, 4) is 0 Å². The second-order valence-electron chi connectivity index (χ2n) is 5.65. The standard InChI is InChI=1S/C17H15FN2O3S2/c1-20-14-8-5-12(18)10-15(14)24-17(20)19-16(21)9-11-3-6-13(7-4-11)25(2,22)23/h3-8,10H,9H2,1-2H3. The van der Waals surface area contributed by atoms with E-state index in [-0.39, 0.29) is 23.0 Å². The predicted molar refractivity (Wildman–Crippen MR) is 94.6 cm³/mol. The number of fused-ring (bicyclic) bond motifs is 1. The molecule has 0 spiro atoms. The van der Waals surface area contributed by atoms with E-state index < -0.39 is 9.84 Å². The number of hydrogen-bond acceptors (Lipinski definition) is 4. The van der Waals surface area contributed by atoms with E-state index >= 15 is 0 Å². The Kier molecular flexibility index (Phi) is 4.57. The van der Waals surface area contributed by atoms with Gasteiger partial charge >= 0.3 is 0 Å². The van der Waals surface area contributed by atoms with Crippen LogP contribution in [0, 0.1) is 5.82 Å². The maximum absolute atomic E-state index is 13.3. The molecule has 0 saturated heterocycles. The van der Waals surface area contributed by atoms with Gasteiger partial charge in [-0.2, -0.15) is 4.99 Å². The highest BCUT2D eigenvalue weighted by atomic mass is 32.2. The highest BCUT2D eigenvalue weighted by Gasteiger charge is 2.09. The fraction of sp³-hybridized carbons (Fsp3) is 0.176. The lowest BCUT2D eigenvalue weighted by Crippen LogP contribution is -2.14. The van der Waals surface area contributed by atoms with Crippen molar-refractivity contribution in [3.05, 3.63) is 58.6 Å². The minimum absolute atomic E-state index is 0.0622. The summed E-state index contributed by atoms with van der Waals surface area (Å²) in [5, 5.41) is 0. The first-order valence-electron chi connectivity index (χ1n) is 7.36. The van der Waals surface area contributed by atoms with Gasteiger partial charge in [0.05, 0.1) is 21.5 Å². The minimum Gasteiger partial charge on any atom is -0.319 e. The number of sulfone groups is 1. The van der Waals surface area contributed by atoms with Gasteiger partial charge in [-0.25, -0.2) is 12.8 Å². The predicted octanol–water partition coefficient (Wildman–Crippen LogP) is 2.45. The summed E-state index contributed by atoms with van der Waals surface area (Å²) in [5.41, 5.74) is 1.48. The number of nitrogens with zero attached hydrogens (tertiary/aromatic N) is 2. The molecule has 0 radical (unpaired) electrons. The topological polar surface area (TPSA) is 68.5 Å². The van der Waals surface area contributed by atoms with E-state index in [1.807, 2.05) is 0 Å². The van der Waals surface area contributed by atoms with E-state index in [9.17, 15) is 17.6 Å².